The van der Waals surface area contributed by atoms with Crippen LogP contribution < -0.4 is 5.32 Å². The number of carbonyl (C=O) groups is 4. The highest BCUT2D eigenvalue weighted by Gasteiger charge is 2.32. The van der Waals surface area contributed by atoms with Gasteiger partial charge >= 0.3 is 6.09 Å². The Morgan fingerprint density at radius 3 is 2.27 bits per heavy atom. The van der Waals surface area contributed by atoms with Crippen LogP contribution in [-0.2, 0) is 27.5 Å². The van der Waals surface area contributed by atoms with Crippen molar-refractivity contribution in [3.8, 4) is 10.6 Å². The number of piperazine rings is 1. The molecule has 2 aliphatic heterocycles. The Morgan fingerprint density at radius 2 is 1.56 bits per heavy atom. The van der Waals surface area contributed by atoms with Gasteiger partial charge in [0.05, 0.1) is 16.3 Å². The average Bonchev–Trinajstić information content (AvgIpc) is 3.52. The highest BCUT2D eigenvalue weighted by Crippen LogP contribution is 2.32. The zero-order valence-corrected chi connectivity index (χ0v) is 28.3. The molecular formula is C35H34N4O7S2. The minimum Gasteiger partial charge on any atom is -0.444 e. The Hall–Kier alpha value is -4.88. The second-order valence-corrected chi connectivity index (χ2v) is 15.6. The molecule has 0 aliphatic carbocycles. The molecule has 11 nitrogen and oxygen atoms in total. The maximum Gasteiger partial charge on any atom is 0.410 e. The molecule has 0 unspecified atom stereocenters. The lowest BCUT2D eigenvalue weighted by atomic mass is 10.0. The second-order valence-electron chi connectivity index (χ2n) is 12.6. The van der Waals surface area contributed by atoms with Crippen molar-refractivity contribution in [3.05, 3.63) is 100 Å². The largest absolute Gasteiger partial charge is 0.444 e. The molecule has 3 amide bonds. The van der Waals surface area contributed by atoms with Gasteiger partial charge in [0.1, 0.15) is 10.6 Å². The molecule has 0 radical (unpaired) electrons. The zero-order valence-electron chi connectivity index (χ0n) is 26.7. The van der Waals surface area contributed by atoms with Crippen LogP contribution in [0.5, 0.6) is 0 Å². The quantitative estimate of drug-likeness (QED) is 0.309. The highest BCUT2D eigenvalue weighted by atomic mass is 32.2. The number of hydrogen-bond donors (Lipinski definition) is 1. The number of rotatable bonds is 5. The number of hydrogen-bond acceptors (Lipinski definition) is 9. The van der Waals surface area contributed by atoms with E-state index in [1.54, 1.807) is 40.3 Å². The number of Topliss-reactive ketones (excluding diaryl/α,β-unsaturated/α-hetero) is 1. The van der Waals surface area contributed by atoms with Crippen molar-refractivity contribution < 1.29 is 32.3 Å². The number of ether oxygens (including phenoxy) is 1. The summed E-state index contributed by atoms with van der Waals surface area (Å²) in [5, 5.41) is 3.57. The lowest BCUT2D eigenvalue weighted by Gasteiger charge is -2.35. The van der Waals surface area contributed by atoms with E-state index >= 15 is 0 Å². The van der Waals surface area contributed by atoms with E-state index in [0.29, 0.717) is 31.7 Å². The summed E-state index contributed by atoms with van der Waals surface area (Å²) in [6.07, 6.45) is 1.17. The van der Waals surface area contributed by atoms with Crippen LogP contribution in [0.25, 0.3) is 10.6 Å². The van der Waals surface area contributed by atoms with Gasteiger partial charge in [-0.15, -0.1) is 11.3 Å². The molecule has 3 heterocycles. The van der Waals surface area contributed by atoms with Crippen molar-refractivity contribution in [2.45, 2.75) is 49.1 Å². The summed E-state index contributed by atoms with van der Waals surface area (Å²) in [6, 6.07) is 17.6. The number of amides is 3. The molecule has 1 aromatic heterocycles. The number of carbonyl (C=O) groups excluding carboxylic acids is 4. The van der Waals surface area contributed by atoms with Gasteiger partial charge in [-0.05, 0) is 62.7 Å². The molecule has 4 aromatic rings. The molecule has 1 N–H and O–H groups in total. The fourth-order valence-corrected chi connectivity index (χ4v) is 8.13. The number of nitrogens with one attached hydrogen (secondary N) is 1. The maximum atomic E-state index is 13.3. The Labute approximate surface area is 282 Å². The summed E-state index contributed by atoms with van der Waals surface area (Å²) in [4.78, 5) is 60.0. The topological polar surface area (TPSA) is 143 Å². The molecule has 248 valence electrons. The van der Waals surface area contributed by atoms with Crippen LogP contribution in [0, 0.1) is 0 Å². The van der Waals surface area contributed by atoms with Crippen LogP contribution in [0.2, 0.25) is 0 Å². The van der Waals surface area contributed by atoms with Crippen LogP contribution >= 0.6 is 11.3 Å². The maximum absolute atomic E-state index is 13.3. The van der Waals surface area contributed by atoms with E-state index in [1.807, 2.05) is 32.9 Å². The van der Waals surface area contributed by atoms with Crippen LogP contribution in [0.15, 0.2) is 82.7 Å². The highest BCUT2D eigenvalue weighted by molar-refractivity contribution is 7.91. The summed E-state index contributed by atoms with van der Waals surface area (Å²) < 4.78 is 32.0. The van der Waals surface area contributed by atoms with Crippen LogP contribution in [0.1, 0.15) is 62.3 Å². The van der Waals surface area contributed by atoms with Crippen molar-refractivity contribution in [1.29, 1.82) is 0 Å². The molecule has 2 aliphatic rings. The van der Waals surface area contributed by atoms with Gasteiger partial charge in [0.25, 0.3) is 11.8 Å². The fourth-order valence-electron chi connectivity index (χ4n) is 5.59. The Balaban J connectivity index is 1.05. The SMILES string of the molecule is CC(C)(C)OC(=O)N1CCN(C(=O)c2ccc(-c3ncc(CNC(=O)c4ccc5c(c4)CC(=O)c4ccccc4S5(=O)=O)s3)cc2)CC1. The normalized spacial score (nSPS) is 15.6. The number of nitrogens with zero attached hydrogens (tertiary/aromatic N) is 3. The van der Waals surface area contributed by atoms with E-state index in [4.69, 9.17) is 4.74 Å². The minimum atomic E-state index is -3.91. The summed E-state index contributed by atoms with van der Waals surface area (Å²) in [6.45, 7) is 7.29. The molecule has 48 heavy (non-hydrogen) atoms. The number of sulfone groups is 1. The lowest BCUT2D eigenvalue weighted by molar-refractivity contribution is 0.0141. The molecule has 13 heteroatoms. The van der Waals surface area contributed by atoms with Crippen molar-refractivity contribution in [1.82, 2.24) is 20.1 Å². The first kappa shape index (κ1) is 33.0. The summed E-state index contributed by atoms with van der Waals surface area (Å²) in [7, 11) is -3.91. The van der Waals surface area contributed by atoms with Gasteiger partial charge in [-0.1, -0.05) is 30.3 Å². The molecule has 0 spiro atoms. The number of aromatic nitrogens is 1. The fraction of sp³-hybridized carbons (Fsp3) is 0.286. The van der Waals surface area contributed by atoms with Crippen LogP contribution in [0.3, 0.4) is 0 Å². The van der Waals surface area contributed by atoms with Gasteiger partial charge in [-0.25, -0.2) is 18.2 Å². The lowest BCUT2D eigenvalue weighted by Crippen LogP contribution is -2.51. The van der Waals surface area contributed by atoms with E-state index in [-0.39, 0.29) is 57.2 Å². The third kappa shape index (κ3) is 6.87. The Bertz CT molecular complexity index is 2020. The van der Waals surface area contributed by atoms with Crippen LogP contribution in [-0.4, -0.2) is 78.7 Å². The van der Waals surface area contributed by atoms with E-state index in [9.17, 15) is 27.6 Å². The number of ketones is 1. The molecule has 1 fully saturated rings. The molecule has 0 bridgehead atoms. The molecule has 6 rings (SSSR count). The Morgan fingerprint density at radius 1 is 0.896 bits per heavy atom. The van der Waals surface area contributed by atoms with Gasteiger partial charge in [-0.2, -0.15) is 0 Å². The molecule has 3 aromatic carbocycles. The summed E-state index contributed by atoms with van der Waals surface area (Å²) >= 11 is 1.40. The number of thiazole rings is 1. The van der Waals surface area contributed by atoms with E-state index < -0.39 is 21.3 Å². The number of benzene rings is 3. The van der Waals surface area contributed by atoms with Crippen molar-refractivity contribution in [2.24, 2.45) is 0 Å². The minimum absolute atomic E-state index is 0.0246. The van der Waals surface area contributed by atoms with Gasteiger partial charge in [-0.3, -0.25) is 14.4 Å². The van der Waals surface area contributed by atoms with Gasteiger partial charge in [0.15, 0.2) is 5.78 Å². The van der Waals surface area contributed by atoms with Crippen molar-refractivity contribution in [2.75, 3.05) is 26.2 Å². The predicted molar refractivity (Wildman–Crippen MR) is 179 cm³/mol. The van der Waals surface area contributed by atoms with Gasteiger partial charge < -0.3 is 19.9 Å². The van der Waals surface area contributed by atoms with Crippen molar-refractivity contribution in [3.63, 3.8) is 0 Å². The summed E-state index contributed by atoms with van der Waals surface area (Å²) in [5.74, 6) is -0.843. The number of fused-ring (bicyclic) bond motifs is 2. The molecule has 0 saturated carbocycles. The van der Waals surface area contributed by atoms with E-state index in [1.165, 1.54) is 41.7 Å². The first-order valence-electron chi connectivity index (χ1n) is 15.4. The average molecular weight is 687 g/mol. The standard InChI is InChI=1S/C35H34N4O7S2/c1-35(2,3)46-34(43)39-16-14-38(15-17-39)33(42)23-10-8-22(9-11-23)32-37-21-26(47-32)20-36-31(41)24-12-13-29-25(18-24)19-28(40)27-6-4-5-7-30(27)48(29,44)45/h4-13,18,21H,14-17,19-20H2,1-3H3,(H,36,41). The van der Waals surface area contributed by atoms with E-state index in [0.717, 1.165) is 15.4 Å². The first-order chi connectivity index (χ1) is 22.8. The predicted octanol–water partition coefficient (Wildman–Crippen LogP) is 5.00. The zero-order chi connectivity index (χ0) is 34.2. The smallest absolute Gasteiger partial charge is 0.410 e. The van der Waals surface area contributed by atoms with Crippen molar-refractivity contribution >= 4 is 44.9 Å². The van der Waals surface area contributed by atoms with Crippen LogP contribution in [0.4, 0.5) is 4.79 Å². The first-order valence-corrected chi connectivity index (χ1v) is 17.7. The Kier molecular flexibility index (Phi) is 8.92. The van der Waals surface area contributed by atoms with E-state index in [2.05, 4.69) is 10.3 Å². The molecule has 0 atom stereocenters. The van der Waals surface area contributed by atoms with Gasteiger partial charge in [0, 0.05) is 65.9 Å². The summed E-state index contributed by atoms with van der Waals surface area (Å²) in [5.41, 5.74) is 1.46. The third-order valence-corrected chi connectivity index (χ3v) is 11.0. The molecule has 1 saturated heterocycles. The third-order valence-electron chi connectivity index (χ3n) is 8.01. The van der Waals surface area contributed by atoms with Gasteiger partial charge in [0.2, 0.25) is 9.84 Å². The monoisotopic (exact) mass is 686 g/mol. The second kappa shape index (κ2) is 13.0. The molecular weight excluding hydrogens is 653 g/mol.